The molecular weight excluding hydrogens is 547 g/mol. The highest BCUT2D eigenvalue weighted by atomic mass is 32.2. The molecule has 0 radical (unpaired) electrons. The molecule has 5 rings (SSSR count). The van der Waals surface area contributed by atoms with E-state index >= 15 is 0 Å². The standard InChI is InChI=1S/C29H37FN6O2S2/c1-4-25-27(18-31-29-33-26(20-39-29)22-6-9-24(30)10-7-22)36-19-23(8-11-28(36)32-25)21-12-15-35(16-13-21)40(37,38)17-5-14-34(2)3/h6-11,19-21H,4-5,12-18H2,1-3H3,(H,31,33). The van der Waals surface area contributed by atoms with E-state index in [0.29, 0.717) is 32.0 Å². The molecule has 1 aromatic carbocycles. The van der Waals surface area contributed by atoms with Gasteiger partial charge in [-0.05, 0) is 88.1 Å². The molecule has 214 valence electrons. The van der Waals surface area contributed by atoms with E-state index in [0.717, 1.165) is 59.2 Å². The average molecular weight is 585 g/mol. The summed E-state index contributed by atoms with van der Waals surface area (Å²) in [5.74, 6) is 0.253. The number of benzene rings is 1. The summed E-state index contributed by atoms with van der Waals surface area (Å²) in [7, 11) is 0.711. The maximum absolute atomic E-state index is 13.3. The van der Waals surface area contributed by atoms with Crippen molar-refractivity contribution >= 4 is 32.1 Å². The molecule has 4 heterocycles. The summed E-state index contributed by atoms with van der Waals surface area (Å²) in [6, 6.07) is 10.6. The van der Waals surface area contributed by atoms with Crippen molar-refractivity contribution < 1.29 is 12.8 Å². The number of aryl methyl sites for hydroxylation is 1. The lowest BCUT2D eigenvalue weighted by molar-refractivity contribution is 0.317. The van der Waals surface area contributed by atoms with Crippen LogP contribution < -0.4 is 5.32 Å². The van der Waals surface area contributed by atoms with Crippen LogP contribution in [0.3, 0.4) is 0 Å². The fraction of sp³-hybridized carbons (Fsp3) is 0.448. The Labute approximate surface area is 239 Å². The number of halogens is 1. The third kappa shape index (κ3) is 6.54. The zero-order valence-electron chi connectivity index (χ0n) is 23.3. The van der Waals surface area contributed by atoms with Crippen molar-refractivity contribution in [3.8, 4) is 11.3 Å². The molecule has 3 aromatic heterocycles. The van der Waals surface area contributed by atoms with Gasteiger partial charge in [-0.3, -0.25) is 0 Å². The van der Waals surface area contributed by atoms with Crippen LogP contribution in [0.1, 0.15) is 49.1 Å². The number of imidazole rings is 1. The predicted octanol–water partition coefficient (Wildman–Crippen LogP) is 5.23. The Kier molecular flexibility index (Phi) is 8.84. The smallest absolute Gasteiger partial charge is 0.214 e. The Hall–Kier alpha value is -2.86. The molecule has 1 saturated heterocycles. The lowest BCUT2D eigenvalue weighted by Crippen LogP contribution is -2.39. The molecule has 0 atom stereocenters. The maximum atomic E-state index is 13.3. The molecule has 0 spiro atoms. The lowest BCUT2D eigenvalue weighted by atomic mass is 9.91. The van der Waals surface area contributed by atoms with E-state index in [4.69, 9.17) is 4.98 Å². The number of sulfonamides is 1. The van der Waals surface area contributed by atoms with Gasteiger partial charge in [0.2, 0.25) is 10.0 Å². The molecule has 0 aliphatic carbocycles. The molecule has 1 N–H and O–H groups in total. The SMILES string of the molecule is CCc1nc2ccc(C3CCN(S(=O)(=O)CCCN(C)C)CC3)cn2c1CNc1nc(-c2ccc(F)cc2)cs1. The van der Waals surface area contributed by atoms with Crippen molar-refractivity contribution in [1.29, 1.82) is 0 Å². The molecule has 40 heavy (non-hydrogen) atoms. The minimum atomic E-state index is -3.22. The number of thiazole rings is 1. The Bertz CT molecular complexity index is 1540. The van der Waals surface area contributed by atoms with Crippen LogP contribution in [-0.4, -0.2) is 71.5 Å². The summed E-state index contributed by atoms with van der Waals surface area (Å²) in [5, 5.41) is 6.22. The van der Waals surface area contributed by atoms with E-state index in [2.05, 4.69) is 40.0 Å². The maximum Gasteiger partial charge on any atom is 0.214 e. The van der Waals surface area contributed by atoms with Crippen LogP contribution in [-0.2, 0) is 23.0 Å². The fourth-order valence-corrected chi connectivity index (χ4v) is 7.54. The third-order valence-electron chi connectivity index (χ3n) is 7.54. The molecule has 0 unspecified atom stereocenters. The minimum absolute atomic E-state index is 0.206. The molecule has 1 aliphatic heterocycles. The van der Waals surface area contributed by atoms with Crippen LogP contribution in [0.2, 0.25) is 0 Å². The van der Waals surface area contributed by atoms with Crippen molar-refractivity contribution in [3.05, 3.63) is 70.7 Å². The number of pyridine rings is 1. The van der Waals surface area contributed by atoms with Crippen LogP contribution in [0.15, 0.2) is 48.0 Å². The number of aromatic nitrogens is 3. The van der Waals surface area contributed by atoms with Crippen molar-refractivity contribution in [2.75, 3.05) is 44.8 Å². The Morgan fingerprint density at radius 1 is 1.10 bits per heavy atom. The number of piperidine rings is 1. The van der Waals surface area contributed by atoms with Crippen LogP contribution in [0.5, 0.6) is 0 Å². The number of anilines is 1. The number of fused-ring (bicyclic) bond motifs is 1. The van der Waals surface area contributed by atoms with Gasteiger partial charge < -0.3 is 14.6 Å². The predicted molar refractivity (Wildman–Crippen MR) is 160 cm³/mol. The van der Waals surface area contributed by atoms with Gasteiger partial charge in [-0.15, -0.1) is 11.3 Å². The molecular formula is C29H37FN6O2S2. The Morgan fingerprint density at radius 2 is 1.85 bits per heavy atom. The van der Waals surface area contributed by atoms with Gasteiger partial charge in [-0.1, -0.05) is 13.0 Å². The first kappa shape index (κ1) is 28.7. The first-order chi connectivity index (χ1) is 19.2. The summed E-state index contributed by atoms with van der Waals surface area (Å²) in [6.45, 7) is 4.58. The monoisotopic (exact) mass is 584 g/mol. The van der Waals surface area contributed by atoms with Crippen molar-refractivity contribution in [2.45, 2.75) is 45.1 Å². The van der Waals surface area contributed by atoms with Gasteiger partial charge in [0.05, 0.1) is 29.4 Å². The molecule has 0 saturated carbocycles. The molecule has 1 aliphatic rings. The van der Waals surface area contributed by atoms with Crippen LogP contribution in [0.4, 0.5) is 9.52 Å². The van der Waals surface area contributed by atoms with Gasteiger partial charge in [0.1, 0.15) is 11.5 Å². The van der Waals surface area contributed by atoms with Gasteiger partial charge >= 0.3 is 0 Å². The van der Waals surface area contributed by atoms with Crippen molar-refractivity contribution in [2.24, 2.45) is 0 Å². The summed E-state index contributed by atoms with van der Waals surface area (Å²) in [4.78, 5) is 11.6. The topological polar surface area (TPSA) is 82.8 Å². The first-order valence-corrected chi connectivity index (χ1v) is 16.3. The van der Waals surface area contributed by atoms with Gasteiger partial charge in [0.15, 0.2) is 5.13 Å². The number of nitrogens with zero attached hydrogens (tertiary/aromatic N) is 5. The average Bonchev–Trinajstić information content (AvgIpc) is 3.56. The van der Waals surface area contributed by atoms with Crippen LogP contribution in [0, 0.1) is 5.82 Å². The van der Waals surface area contributed by atoms with Gasteiger partial charge in [0, 0.05) is 30.2 Å². The third-order valence-corrected chi connectivity index (χ3v) is 10.3. The van der Waals surface area contributed by atoms with E-state index in [1.165, 1.54) is 29.0 Å². The largest absolute Gasteiger partial charge is 0.356 e. The highest BCUT2D eigenvalue weighted by Gasteiger charge is 2.28. The zero-order valence-corrected chi connectivity index (χ0v) is 24.9. The summed E-state index contributed by atoms with van der Waals surface area (Å²) < 4.78 is 42.8. The number of hydrogen-bond acceptors (Lipinski definition) is 7. The summed E-state index contributed by atoms with van der Waals surface area (Å²) in [6.07, 6.45) is 5.27. The van der Waals surface area contributed by atoms with Crippen molar-refractivity contribution in [1.82, 2.24) is 23.6 Å². The quantitative estimate of drug-likeness (QED) is 0.260. The van der Waals surface area contributed by atoms with Crippen LogP contribution >= 0.6 is 11.3 Å². The van der Waals surface area contributed by atoms with Gasteiger partial charge in [0.25, 0.3) is 0 Å². The highest BCUT2D eigenvalue weighted by Crippen LogP contribution is 2.31. The normalized spacial score (nSPS) is 15.3. The number of nitrogens with one attached hydrogen (secondary N) is 1. The Balaban J connectivity index is 1.27. The molecule has 0 amide bonds. The fourth-order valence-electron chi connectivity index (χ4n) is 5.30. The van der Waals surface area contributed by atoms with E-state index in [1.54, 1.807) is 16.4 Å². The number of hydrogen-bond donors (Lipinski definition) is 1. The molecule has 8 nitrogen and oxygen atoms in total. The second-order valence-electron chi connectivity index (χ2n) is 10.6. The minimum Gasteiger partial charge on any atom is -0.356 e. The van der Waals surface area contributed by atoms with E-state index in [1.807, 2.05) is 24.4 Å². The Morgan fingerprint density at radius 3 is 2.55 bits per heavy atom. The van der Waals surface area contributed by atoms with Gasteiger partial charge in [-0.2, -0.15) is 0 Å². The highest BCUT2D eigenvalue weighted by molar-refractivity contribution is 7.89. The van der Waals surface area contributed by atoms with Crippen LogP contribution in [0.25, 0.3) is 16.9 Å². The first-order valence-electron chi connectivity index (χ1n) is 13.8. The van der Waals surface area contributed by atoms with Gasteiger partial charge in [-0.25, -0.2) is 27.1 Å². The molecule has 4 aromatic rings. The zero-order chi connectivity index (χ0) is 28.3. The van der Waals surface area contributed by atoms with Crippen molar-refractivity contribution in [3.63, 3.8) is 0 Å². The molecule has 11 heteroatoms. The van der Waals surface area contributed by atoms with E-state index < -0.39 is 10.0 Å². The van der Waals surface area contributed by atoms with E-state index in [-0.39, 0.29) is 11.6 Å². The second kappa shape index (κ2) is 12.3. The molecule has 1 fully saturated rings. The van der Waals surface area contributed by atoms with E-state index in [9.17, 15) is 12.8 Å². The lowest BCUT2D eigenvalue weighted by Gasteiger charge is -2.31. The summed E-state index contributed by atoms with van der Waals surface area (Å²) >= 11 is 1.52. The second-order valence-corrected chi connectivity index (χ2v) is 13.5. The molecule has 0 bridgehead atoms. The number of rotatable bonds is 11. The summed E-state index contributed by atoms with van der Waals surface area (Å²) in [5.41, 5.74) is 5.95.